The third-order valence-electron chi connectivity index (χ3n) is 4.66. The molecule has 0 atom stereocenters. The number of carbonyl (C=O) groups excluding carboxylic acids is 2. The Bertz CT molecular complexity index is 817. The summed E-state index contributed by atoms with van der Waals surface area (Å²) in [6, 6.07) is 13.9. The van der Waals surface area contributed by atoms with Crippen LogP contribution in [0.5, 0.6) is 5.75 Å². The Balaban J connectivity index is 1.52. The predicted molar refractivity (Wildman–Crippen MR) is 112 cm³/mol. The van der Waals surface area contributed by atoms with E-state index in [1.54, 1.807) is 30.3 Å². The molecule has 0 aromatic heterocycles. The van der Waals surface area contributed by atoms with E-state index in [0.717, 1.165) is 32.8 Å². The Labute approximate surface area is 171 Å². The highest BCUT2D eigenvalue weighted by atomic mass is 16.5. The van der Waals surface area contributed by atoms with Crippen molar-refractivity contribution in [2.24, 2.45) is 0 Å². The fourth-order valence-electron chi connectivity index (χ4n) is 3.07. The Morgan fingerprint density at radius 3 is 2.34 bits per heavy atom. The SMILES string of the molecule is CCOc1ccccc1NC(=O)c1ccc(C(=O)NCCN2CCOCC2)cc1. The van der Waals surface area contributed by atoms with Crippen LogP contribution in [-0.2, 0) is 4.74 Å². The monoisotopic (exact) mass is 397 g/mol. The molecule has 0 spiro atoms. The van der Waals surface area contributed by atoms with Crippen molar-refractivity contribution in [3.8, 4) is 5.75 Å². The van der Waals surface area contributed by atoms with E-state index in [-0.39, 0.29) is 11.8 Å². The van der Waals surface area contributed by atoms with Crippen molar-refractivity contribution >= 4 is 17.5 Å². The summed E-state index contributed by atoms with van der Waals surface area (Å²) < 4.78 is 10.8. The first kappa shape index (κ1) is 20.8. The summed E-state index contributed by atoms with van der Waals surface area (Å²) in [6.07, 6.45) is 0. The van der Waals surface area contributed by atoms with Gasteiger partial charge in [-0.2, -0.15) is 0 Å². The molecule has 2 amide bonds. The number of morpholine rings is 1. The molecule has 1 heterocycles. The average Bonchev–Trinajstić information content (AvgIpc) is 2.76. The molecule has 7 nitrogen and oxygen atoms in total. The van der Waals surface area contributed by atoms with Crippen molar-refractivity contribution in [1.82, 2.24) is 10.2 Å². The maximum Gasteiger partial charge on any atom is 0.255 e. The fraction of sp³-hybridized carbons (Fsp3) is 0.364. The van der Waals surface area contributed by atoms with Gasteiger partial charge >= 0.3 is 0 Å². The van der Waals surface area contributed by atoms with Crippen molar-refractivity contribution in [1.29, 1.82) is 0 Å². The zero-order valence-electron chi connectivity index (χ0n) is 16.6. The highest BCUT2D eigenvalue weighted by molar-refractivity contribution is 6.05. The standard InChI is InChI=1S/C22H27N3O4/c1-2-29-20-6-4-3-5-19(20)24-22(27)18-9-7-17(8-10-18)21(26)23-11-12-25-13-15-28-16-14-25/h3-10H,2,11-16H2,1H3,(H,23,26)(H,24,27). The molecule has 0 unspecified atom stereocenters. The number of para-hydroxylation sites is 2. The Hall–Kier alpha value is -2.90. The minimum Gasteiger partial charge on any atom is -0.492 e. The van der Waals surface area contributed by atoms with Crippen LogP contribution in [0.3, 0.4) is 0 Å². The van der Waals surface area contributed by atoms with Gasteiger partial charge in [0.15, 0.2) is 0 Å². The van der Waals surface area contributed by atoms with Crippen LogP contribution in [0, 0.1) is 0 Å². The van der Waals surface area contributed by atoms with Crippen molar-refractivity contribution < 1.29 is 19.1 Å². The summed E-state index contributed by atoms with van der Waals surface area (Å²) in [6.45, 7) is 7.06. The molecule has 154 valence electrons. The van der Waals surface area contributed by atoms with Gasteiger partial charge in [0, 0.05) is 37.3 Å². The molecular formula is C22H27N3O4. The lowest BCUT2D eigenvalue weighted by Gasteiger charge is -2.26. The number of amides is 2. The largest absolute Gasteiger partial charge is 0.492 e. The van der Waals surface area contributed by atoms with E-state index < -0.39 is 0 Å². The molecular weight excluding hydrogens is 370 g/mol. The first-order valence-corrected chi connectivity index (χ1v) is 9.89. The molecule has 1 aliphatic rings. The summed E-state index contributed by atoms with van der Waals surface area (Å²) in [5.74, 6) is 0.225. The van der Waals surface area contributed by atoms with Gasteiger partial charge in [-0.1, -0.05) is 12.1 Å². The van der Waals surface area contributed by atoms with Gasteiger partial charge in [-0.15, -0.1) is 0 Å². The van der Waals surface area contributed by atoms with Gasteiger partial charge in [0.25, 0.3) is 11.8 Å². The number of rotatable bonds is 8. The zero-order chi connectivity index (χ0) is 20.5. The van der Waals surface area contributed by atoms with Gasteiger partial charge < -0.3 is 20.1 Å². The number of carbonyl (C=O) groups is 2. The lowest BCUT2D eigenvalue weighted by Crippen LogP contribution is -2.41. The molecule has 0 radical (unpaired) electrons. The molecule has 1 aliphatic heterocycles. The number of hydrogen-bond donors (Lipinski definition) is 2. The molecule has 29 heavy (non-hydrogen) atoms. The molecule has 2 aromatic rings. The lowest BCUT2D eigenvalue weighted by molar-refractivity contribution is 0.0383. The summed E-state index contributed by atoms with van der Waals surface area (Å²) in [5.41, 5.74) is 1.61. The quantitative estimate of drug-likeness (QED) is 0.715. The van der Waals surface area contributed by atoms with Gasteiger partial charge in [0.1, 0.15) is 5.75 Å². The minimum absolute atomic E-state index is 0.146. The smallest absolute Gasteiger partial charge is 0.255 e. The normalized spacial score (nSPS) is 14.2. The number of anilines is 1. The Morgan fingerprint density at radius 2 is 1.66 bits per heavy atom. The number of nitrogens with one attached hydrogen (secondary N) is 2. The van der Waals surface area contributed by atoms with Crippen LogP contribution in [-0.4, -0.2) is 62.7 Å². The average molecular weight is 397 g/mol. The first-order chi connectivity index (χ1) is 14.2. The van der Waals surface area contributed by atoms with E-state index in [9.17, 15) is 9.59 Å². The molecule has 3 rings (SSSR count). The number of ether oxygens (including phenoxy) is 2. The summed E-state index contributed by atoms with van der Waals surface area (Å²) in [7, 11) is 0. The van der Waals surface area contributed by atoms with Gasteiger partial charge in [-0.05, 0) is 43.3 Å². The van der Waals surface area contributed by atoms with Crippen molar-refractivity contribution in [2.45, 2.75) is 6.92 Å². The molecule has 0 bridgehead atoms. The second kappa shape index (κ2) is 10.6. The van der Waals surface area contributed by atoms with E-state index in [4.69, 9.17) is 9.47 Å². The van der Waals surface area contributed by atoms with Crippen LogP contribution in [0.4, 0.5) is 5.69 Å². The first-order valence-electron chi connectivity index (χ1n) is 9.89. The van der Waals surface area contributed by atoms with E-state index in [2.05, 4.69) is 15.5 Å². The molecule has 1 saturated heterocycles. The van der Waals surface area contributed by atoms with Crippen molar-refractivity contribution in [3.63, 3.8) is 0 Å². The molecule has 7 heteroatoms. The number of benzene rings is 2. The summed E-state index contributed by atoms with van der Waals surface area (Å²) >= 11 is 0. The highest BCUT2D eigenvalue weighted by Gasteiger charge is 2.13. The molecule has 2 aromatic carbocycles. The van der Waals surface area contributed by atoms with Crippen LogP contribution >= 0.6 is 0 Å². The van der Waals surface area contributed by atoms with Crippen LogP contribution in [0.1, 0.15) is 27.6 Å². The van der Waals surface area contributed by atoms with Gasteiger partial charge in [0.2, 0.25) is 0 Å². The predicted octanol–water partition coefficient (Wildman–Crippen LogP) is 2.40. The lowest BCUT2D eigenvalue weighted by atomic mass is 10.1. The summed E-state index contributed by atoms with van der Waals surface area (Å²) in [5, 5.41) is 5.77. The van der Waals surface area contributed by atoms with Crippen LogP contribution in [0.2, 0.25) is 0 Å². The second-order valence-electron chi connectivity index (χ2n) is 6.67. The third kappa shape index (κ3) is 6.04. The van der Waals surface area contributed by atoms with E-state index in [1.165, 1.54) is 0 Å². The van der Waals surface area contributed by atoms with Gasteiger partial charge in [0.05, 0.1) is 25.5 Å². The summed E-state index contributed by atoms with van der Waals surface area (Å²) in [4.78, 5) is 27.1. The van der Waals surface area contributed by atoms with E-state index in [1.807, 2.05) is 25.1 Å². The Kier molecular flexibility index (Phi) is 7.61. The Morgan fingerprint density at radius 1 is 1.00 bits per heavy atom. The fourth-order valence-corrected chi connectivity index (χ4v) is 3.07. The topological polar surface area (TPSA) is 79.9 Å². The molecule has 0 aliphatic carbocycles. The minimum atomic E-state index is -0.253. The molecule has 2 N–H and O–H groups in total. The third-order valence-corrected chi connectivity index (χ3v) is 4.66. The van der Waals surface area contributed by atoms with Crippen molar-refractivity contribution in [2.75, 3.05) is 51.3 Å². The van der Waals surface area contributed by atoms with Crippen molar-refractivity contribution in [3.05, 3.63) is 59.7 Å². The molecule has 1 fully saturated rings. The van der Waals surface area contributed by atoms with Gasteiger partial charge in [-0.3, -0.25) is 14.5 Å². The molecule has 0 saturated carbocycles. The van der Waals surface area contributed by atoms with Crippen LogP contribution in [0.25, 0.3) is 0 Å². The number of hydrogen-bond acceptors (Lipinski definition) is 5. The maximum atomic E-state index is 12.5. The van der Waals surface area contributed by atoms with Gasteiger partial charge in [-0.25, -0.2) is 0 Å². The van der Waals surface area contributed by atoms with E-state index in [0.29, 0.717) is 35.7 Å². The zero-order valence-corrected chi connectivity index (χ0v) is 16.6. The maximum absolute atomic E-state index is 12.5. The number of nitrogens with zero attached hydrogens (tertiary/aromatic N) is 1. The highest BCUT2D eigenvalue weighted by Crippen LogP contribution is 2.24. The van der Waals surface area contributed by atoms with Crippen LogP contribution in [0.15, 0.2) is 48.5 Å². The van der Waals surface area contributed by atoms with E-state index >= 15 is 0 Å². The second-order valence-corrected chi connectivity index (χ2v) is 6.67. The van der Waals surface area contributed by atoms with Crippen LogP contribution < -0.4 is 15.4 Å².